The molecular weight excluding hydrogens is 288 g/mol. The Morgan fingerprint density at radius 1 is 1.35 bits per heavy atom. The summed E-state index contributed by atoms with van der Waals surface area (Å²) in [5, 5.41) is 0. The monoisotopic (exact) mass is 301 g/mol. The maximum absolute atomic E-state index is 13.8. The molecule has 1 unspecified atom stereocenters. The molecule has 0 aromatic heterocycles. The first-order chi connectivity index (χ1) is 8.08. The lowest BCUT2D eigenvalue weighted by atomic mass is 9.90. The minimum Gasteiger partial charge on any atom is -0.327 e. The van der Waals surface area contributed by atoms with Crippen molar-refractivity contribution in [3.05, 3.63) is 39.4 Å². The first-order valence-corrected chi connectivity index (χ1v) is 6.45. The Hall–Kier alpha value is -0.740. The van der Waals surface area contributed by atoms with Gasteiger partial charge in [0.2, 0.25) is 0 Å². The van der Waals surface area contributed by atoms with Crippen LogP contribution in [-0.2, 0) is 0 Å². The van der Waals surface area contributed by atoms with Crippen molar-refractivity contribution in [2.75, 3.05) is 0 Å². The molecule has 2 N–H and O–H groups in total. The van der Waals surface area contributed by atoms with E-state index in [1.807, 2.05) is 0 Å². The van der Waals surface area contributed by atoms with E-state index in [0.29, 0.717) is 0 Å². The van der Waals surface area contributed by atoms with Crippen LogP contribution in [0, 0.1) is 11.6 Å². The summed E-state index contributed by atoms with van der Waals surface area (Å²) in [6.07, 6.45) is 5.18. The molecular formula is C13H14BrF2N. The summed E-state index contributed by atoms with van der Waals surface area (Å²) in [6.45, 7) is 0. The predicted octanol–water partition coefficient (Wildman–Crippen LogP) is 4.01. The minimum atomic E-state index is -0.545. The molecule has 92 valence electrons. The molecule has 1 aliphatic carbocycles. The van der Waals surface area contributed by atoms with Gasteiger partial charge in [-0.1, -0.05) is 5.57 Å². The zero-order valence-electron chi connectivity index (χ0n) is 9.35. The van der Waals surface area contributed by atoms with E-state index in [4.69, 9.17) is 5.73 Å². The molecule has 2 rings (SSSR count). The summed E-state index contributed by atoms with van der Waals surface area (Å²) in [5.41, 5.74) is 6.91. The third-order valence-corrected chi connectivity index (χ3v) is 3.64. The van der Waals surface area contributed by atoms with Crippen molar-refractivity contribution in [2.24, 2.45) is 5.73 Å². The maximum Gasteiger partial charge on any atom is 0.147 e. The van der Waals surface area contributed by atoms with Crippen molar-refractivity contribution in [3.8, 4) is 0 Å². The van der Waals surface area contributed by atoms with Crippen molar-refractivity contribution >= 4 is 22.0 Å². The summed E-state index contributed by atoms with van der Waals surface area (Å²) in [7, 11) is 0. The quantitative estimate of drug-likeness (QED) is 0.779. The van der Waals surface area contributed by atoms with E-state index in [2.05, 4.69) is 15.9 Å². The average molecular weight is 302 g/mol. The molecule has 1 fully saturated rings. The Kier molecular flexibility index (Phi) is 3.94. The highest BCUT2D eigenvalue weighted by Crippen LogP contribution is 2.28. The molecule has 1 aromatic carbocycles. The van der Waals surface area contributed by atoms with Gasteiger partial charge in [-0.25, -0.2) is 8.78 Å². The molecule has 0 saturated heterocycles. The zero-order chi connectivity index (χ0) is 12.4. The standard InChI is InChI=1S/C13H14BrF2N/c14-11-4-5-12(15)10(13(11)16)7-8-2-1-3-9(17)6-8/h4-5,7,9H,1-3,6,17H2/b8-7-. The number of nitrogens with two attached hydrogens (primary N) is 1. The van der Waals surface area contributed by atoms with Gasteiger partial charge in [0.25, 0.3) is 0 Å². The second-order valence-electron chi connectivity index (χ2n) is 4.42. The van der Waals surface area contributed by atoms with E-state index in [-0.39, 0.29) is 16.1 Å². The first-order valence-electron chi connectivity index (χ1n) is 5.66. The predicted molar refractivity (Wildman–Crippen MR) is 68.5 cm³/mol. The van der Waals surface area contributed by atoms with Gasteiger partial charge < -0.3 is 5.73 Å². The first kappa shape index (κ1) is 12.7. The third kappa shape index (κ3) is 2.93. The van der Waals surface area contributed by atoms with Crippen LogP contribution in [0.2, 0.25) is 0 Å². The van der Waals surface area contributed by atoms with Crippen LogP contribution in [0.5, 0.6) is 0 Å². The van der Waals surface area contributed by atoms with Gasteiger partial charge >= 0.3 is 0 Å². The van der Waals surface area contributed by atoms with Crippen molar-refractivity contribution in [1.29, 1.82) is 0 Å². The largest absolute Gasteiger partial charge is 0.327 e. The number of hydrogen-bond donors (Lipinski definition) is 1. The molecule has 0 heterocycles. The normalized spacial score (nSPS) is 23.1. The van der Waals surface area contributed by atoms with E-state index in [0.717, 1.165) is 31.3 Å². The van der Waals surface area contributed by atoms with Gasteiger partial charge in [0.1, 0.15) is 11.6 Å². The van der Waals surface area contributed by atoms with Crippen molar-refractivity contribution in [2.45, 2.75) is 31.7 Å². The van der Waals surface area contributed by atoms with Gasteiger partial charge in [0.15, 0.2) is 0 Å². The minimum absolute atomic E-state index is 0.0310. The molecule has 0 radical (unpaired) electrons. The number of benzene rings is 1. The molecule has 0 aliphatic heterocycles. The summed E-state index contributed by atoms with van der Waals surface area (Å²) in [4.78, 5) is 0. The fourth-order valence-electron chi connectivity index (χ4n) is 2.14. The highest BCUT2D eigenvalue weighted by atomic mass is 79.9. The van der Waals surface area contributed by atoms with Crippen LogP contribution in [-0.4, -0.2) is 6.04 Å². The van der Waals surface area contributed by atoms with Crippen LogP contribution in [0.25, 0.3) is 6.08 Å². The fraction of sp³-hybridized carbons (Fsp3) is 0.385. The molecule has 4 heteroatoms. The molecule has 17 heavy (non-hydrogen) atoms. The Morgan fingerprint density at radius 2 is 2.12 bits per heavy atom. The van der Waals surface area contributed by atoms with Gasteiger partial charge in [-0.3, -0.25) is 0 Å². The number of rotatable bonds is 1. The van der Waals surface area contributed by atoms with Crippen LogP contribution in [0.1, 0.15) is 31.2 Å². The Balaban J connectivity index is 2.34. The van der Waals surface area contributed by atoms with Crippen LogP contribution in [0.3, 0.4) is 0 Å². The molecule has 0 amide bonds. The summed E-state index contributed by atoms with van der Waals surface area (Å²) >= 11 is 3.06. The third-order valence-electron chi connectivity index (χ3n) is 3.03. The Labute approximate surface area is 108 Å². The topological polar surface area (TPSA) is 26.0 Å². The SMILES string of the molecule is NC1CCC/C(=C/c2c(F)ccc(Br)c2F)C1. The average Bonchev–Trinajstić information content (AvgIpc) is 2.30. The molecule has 1 aliphatic rings. The lowest BCUT2D eigenvalue weighted by Gasteiger charge is -2.20. The lowest BCUT2D eigenvalue weighted by molar-refractivity contribution is 0.519. The zero-order valence-corrected chi connectivity index (χ0v) is 10.9. The molecule has 1 saturated carbocycles. The van der Waals surface area contributed by atoms with Crippen molar-refractivity contribution in [1.82, 2.24) is 0 Å². The van der Waals surface area contributed by atoms with Crippen LogP contribution < -0.4 is 5.73 Å². The summed E-state index contributed by atoms with van der Waals surface area (Å²) in [6, 6.07) is 2.76. The van der Waals surface area contributed by atoms with Gasteiger partial charge in [0, 0.05) is 11.6 Å². The van der Waals surface area contributed by atoms with Crippen LogP contribution in [0.4, 0.5) is 8.78 Å². The van der Waals surface area contributed by atoms with E-state index < -0.39 is 11.6 Å². The second-order valence-corrected chi connectivity index (χ2v) is 5.27. The second kappa shape index (κ2) is 5.27. The summed E-state index contributed by atoms with van der Waals surface area (Å²) in [5.74, 6) is -1.08. The fourth-order valence-corrected chi connectivity index (χ4v) is 2.49. The van der Waals surface area contributed by atoms with Crippen LogP contribution in [0.15, 0.2) is 22.2 Å². The summed E-state index contributed by atoms with van der Waals surface area (Å²) < 4.78 is 27.6. The van der Waals surface area contributed by atoms with Gasteiger partial charge in [-0.05, 0) is 59.8 Å². The molecule has 1 aromatic rings. The number of hydrogen-bond acceptors (Lipinski definition) is 1. The van der Waals surface area contributed by atoms with Crippen molar-refractivity contribution in [3.63, 3.8) is 0 Å². The van der Waals surface area contributed by atoms with Gasteiger partial charge in [-0.2, -0.15) is 0 Å². The Bertz CT molecular complexity index is 457. The smallest absolute Gasteiger partial charge is 0.147 e. The highest BCUT2D eigenvalue weighted by molar-refractivity contribution is 9.10. The molecule has 1 atom stereocenters. The lowest BCUT2D eigenvalue weighted by Crippen LogP contribution is -2.23. The molecule has 1 nitrogen and oxygen atoms in total. The van der Waals surface area contributed by atoms with E-state index in [1.54, 1.807) is 6.08 Å². The van der Waals surface area contributed by atoms with E-state index in [1.165, 1.54) is 12.1 Å². The maximum atomic E-state index is 13.8. The van der Waals surface area contributed by atoms with Crippen LogP contribution >= 0.6 is 15.9 Å². The highest BCUT2D eigenvalue weighted by Gasteiger charge is 2.16. The number of halogens is 3. The van der Waals surface area contributed by atoms with Crippen molar-refractivity contribution < 1.29 is 8.78 Å². The Morgan fingerprint density at radius 3 is 2.82 bits per heavy atom. The van der Waals surface area contributed by atoms with Gasteiger partial charge in [-0.15, -0.1) is 0 Å². The van der Waals surface area contributed by atoms with Gasteiger partial charge in [0.05, 0.1) is 4.47 Å². The van der Waals surface area contributed by atoms with E-state index in [9.17, 15) is 8.78 Å². The molecule has 0 spiro atoms. The molecule has 0 bridgehead atoms. The van der Waals surface area contributed by atoms with E-state index >= 15 is 0 Å².